The van der Waals surface area contributed by atoms with Crippen LogP contribution in [0.1, 0.15) is 25.6 Å². The molecule has 1 atom stereocenters. The lowest BCUT2D eigenvalue weighted by Crippen LogP contribution is -2.50. The number of carbonyl (C=O) groups is 2. The van der Waals surface area contributed by atoms with Gasteiger partial charge >= 0.3 is 5.97 Å². The summed E-state index contributed by atoms with van der Waals surface area (Å²) in [5.41, 5.74) is 5.65. The fourth-order valence-electron chi connectivity index (χ4n) is 1.60. The van der Waals surface area contributed by atoms with Crippen LogP contribution in [0.15, 0.2) is 17.5 Å². The molecule has 0 bridgehead atoms. The Labute approximate surface area is 117 Å². The van der Waals surface area contributed by atoms with Gasteiger partial charge in [0.25, 0.3) is 5.91 Å². The Kier molecular flexibility index (Phi) is 5.98. The van der Waals surface area contributed by atoms with Crippen LogP contribution in [0.3, 0.4) is 0 Å². The third kappa shape index (κ3) is 4.33. The minimum Gasteiger partial charge on any atom is -0.464 e. The summed E-state index contributed by atoms with van der Waals surface area (Å²) in [4.78, 5) is 26.4. The fourth-order valence-corrected chi connectivity index (χ4v) is 2.30. The van der Waals surface area contributed by atoms with Crippen LogP contribution in [0.4, 0.5) is 0 Å². The molecule has 0 aliphatic rings. The second-order valence-electron chi connectivity index (χ2n) is 4.37. The molecule has 1 heterocycles. The van der Waals surface area contributed by atoms with E-state index in [0.29, 0.717) is 6.54 Å². The second kappa shape index (κ2) is 7.25. The average molecular weight is 284 g/mol. The van der Waals surface area contributed by atoms with Crippen LogP contribution in [-0.2, 0) is 20.9 Å². The summed E-state index contributed by atoms with van der Waals surface area (Å²) in [7, 11) is 0. The van der Waals surface area contributed by atoms with Gasteiger partial charge in [0.05, 0.1) is 13.2 Å². The zero-order chi connectivity index (χ0) is 14.4. The van der Waals surface area contributed by atoms with E-state index in [9.17, 15) is 9.59 Å². The zero-order valence-electron chi connectivity index (χ0n) is 11.5. The van der Waals surface area contributed by atoms with E-state index in [2.05, 4.69) is 0 Å². The van der Waals surface area contributed by atoms with Crippen LogP contribution < -0.4 is 5.73 Å². The lowest BCUT2D eigenvalue weighted by atomic mass is 10.2. The topological polar surface area (TPSA) is 72.6 Å². The van der Waals surface area contributed by atoms with Crippen molar-refractivity contribution in [3.63, 3.8) is 0 Å². The Bertz CT molecular complexity index is 418. The van der Waals surface area contributed by atoms with E-state index in [4.69, 9.17) is 10.5 Å². The highest BCUT2D eigenvalue weighted by Crippen LogP contribution is 2.15. The minimum absolute atomic E-state index is 0.0323. The van der Waals surface area contributed by atoms with Crippen LogP contribution in [-0.4, -0.2) is 35.5 Å². The lowest BCUT2D eigenvalue weighted by molar-refractivity contribution is -0.151. The number of esters is 1. The van der Waals surface area contributed by atoms with Gasteiger partial charge in [-0.1, -0.05) is 6.07 Å². The monoisotopic (exact) mass is 284 g/mol. The van der Waals surface area contributed by atoms with Gasteiger partial charge in [0, 0.05) is 10.9 Å². The van der Waals surface area contributed by atoms with Crippen molar-refractivity contribution < 1.29 is 14.3 Å². The van der Waals surface area contributed by atoms with Gasteiger partial charge in [-0.2, -0.15) is 0 Å². The first-order valence-corrected chi connectivity index (χ1v) is 7.10. The standard InChI is InChI=1S/C13H20N2O3S/c1-4-18-13(17)11(14)12(16)15(9(2)3)8-10-6-5-7-19-10/h5-7,9,11H,4,8,14H2,1-3H3. The molecule has 5 nitrogen and oxygen atoms in total. The maximum atomic E-state index is 12.2. The summed E-state index contributed by atoms with van der Waals surface area (Å²) in [5.74, 6) is -1.08. The van der Waals surface area contributed by atoms with E-state index in [1.165, 1.54) is 0 Å². The molecule has 0 fully saturated rings. The number of carbonyl (C=O) groups excluding carboxylic acids is 2. The lowest BCUT2D eigenvalue weighted by Gasteiger charge is -2.28. The van der Waals surface area contributed by atoms with Crippen molar-refractivity contribution in [2.45, 2.75) is 39.4 Å². The minimum atomic E-state index is -1.25. The van der Waals surface area contributed by atoms with Gasteiger partial charge in [-0.05, 0) is 32.2 Å². The molecule has 6 heteroatoms. The molecule has 1 aromatic rings. The largest absolute Gasteiger partial charge is 0.464 e. The van der Waals surface area contributed by atoms with Gasteiger partial charge in [-0.25, -0.2) is 4.79 Å². The maximum absolute atomic E-state index is 12.2. The van der Waals surface area contributed by atoms with E-state index in [1.807, 2.05) is 31.4 Å². The molecule has 106 valence electrons. The van der Waals surface area contributed by atoms with Crippen molar-refractivity contribution in [3.05, 3.63) is 22.4 Å². The van der Waals surface area contributed by atoms with E-state index in [-0.39, 0.29) is 12.6 Å². The predicted octanol–water partition coefficient (Wildman–Crippen LogP) is 1.38. The van der Waals surface area contributed by atoms with Gasteiger partial charge in [0.2, 0.25) is 0 Å². The summed E-state index contributed by atoms with van der Waals surface area (Å²) in [6.07, 6.45) is 0. The number of amides is 1. The predicted molar refractivity (Wildman–Crippen MR) is 74.6 cm³/mol. The first-order chi connectivity index (χ1) is 8.97. The number of nitrogens with zero attached hydrogens (tertiary/aromatic N) is 1. The highest BCUT2D eigenvalue weighted by Gasteiger charge is 2.29. The van der Waals surface area contributed by atoms with E-state index < -0.39 is 17.9 Å². The molecule has 1 unspecified atom stereocenters. The van der Waals surface area contributed by atoms with Crippen LogP contribution in [0.2, 0.25) is 0 Å². The third-order valence-electron chi connectivity index (χ3n) is 2.62. The van der Waals surface area contributed by atoms with Crippen LogP contribution in [0.25, 0.3) is 0 Å². The second-order valence-corrected chi connectivity index (χ2v) is 5.40. The Hall–Kier alpha value is -1.40. The van der Waals surface area contributed by atoms with Crippen LogP contribution in [0, 0.1) is 0 Å². The van der Waals surface area contributed by atoms with Gasteiger partial charge in [0.15, 0.2) is 6.04 Å². The van der Waals surface area contributed by atoms with Crippen molar-refractivity contribution in [1.82, 2.24) is 4.90 Å². The van der Waals surface area contributed by atoms with E-state index in [1.54, 1.807) is 23.2 Å². The fraction of sp³-hybridized carbons (Fsp3) is 0.538. The number of hydrogen-bond acceptors (Lipinski definition) is 5. The third-order valence-corrected chi connectivity index (χ3v) is 3.48. The van der Waals surface area contributed by atoms with Crippen molar-refractivity contribution in [2.75, 3.05) is 6.61 Å². The quantitative estimate of drug-likeness (QED) is 0.632. The molecule has 0 spiro atoms. The number of thiophene rings is 1. The number of ether oxygens (including phenoxy) is 1. The van der Waals surface area contributed by atoms with Gasteiger partial charge < -0.3 is 15.4 Å². The van der Waals surface area contributed by atoms with Gasteiger partial charge in [0.1, 0.15) is 0 Å². The summed E-state index contributed by atoms with van der Waals surface area (Å²) in [6, 6.07) is 2.59. The molecule has 0 aliphatic heterocycles. The zero-order valence-corrected chi connectivity index (χ0v) is 12.3. The number of nitrogens with two attached hydrogens (primary N) is 1. The van der Waals surface area contributed by atoms with Crippen molar-refractivity contribution in [1.29, 1.82) is 0 Å². The van der Waals surface area contributed by atoms with Crippen molar-refractivity contribution in [2.24, 2.45) is 5.73 Å². The van der Waals surface area contributed by atoms with E-state index in [0.717, 1.165) is 4.88 Å². The smallest absolute Gasteiger partial charge is 0.332 e. The molecule has 0 aliphatic carbocycles. The normalized spacial score (nSPS) is 12.3. The van der Waals surface area contributed by atoms with Crippen LogP contribution in [0.5, 0.6) is 0 Å². The molecule has 0 saturated carbocycles. The molecule has 1 aromatic heterocycles. The van der Waals surface area contributed by atoms with Crippen LogP contribution >= 0.6 is 11.3 Å². The summed E-state index contributed by atoms with van der Waals surface area (Å²) in [5, 5.41) is 1.95. The molecule has 1 rings (SSSR count). The maximum Gasteiger partial charge on any atom is 0.332 e. The SMILES string of the molecule is CCOC(=O)C(N)C(=O)N(Cc1cccs1)C(C)C. The highest BCUT2D eigenvalue weighted by atomic mass is 32.1. The van der Waals surface area contributed by atoms with E-state index >= 15 is 0 Å². The summed E-state index contributed by atoms with van der Waals surface area (Å²) < 4.78 is 4.78. The van der Waals surface area contributed by atoms with Crippen molar-refractivity contribution in [3.8, 4) is 0 Å². The first-order valence-electron chi connectivity index (χ1n) is 6.22. The molecule has 0 saturated heterocycles. The number of hydrogen-bond donors (Lipinski definition) is 1. The Morgan fingerprint density at radius 2 is 2.16 bits per heavy atom. The number of rotatable bonds is 6. The van der Waals surface area contributed by atoms with Gasteiger partial charge in [-0.15, -0.1) is 11.3 Å². The first kappa shape index (κ1) is 15.7. The Morgan fingerprint density at radius 1 is 1.47 bits per heavy atom. The Morgan fingerprint density at radius 3 is 2.63 bits per heavy atom. The molecule has 2 N–H and O–H groups in total. The molecule has 19 heavy (non-hydrogen) atoms. The Balaban J connectivity index is 2.75. The summed E-state index contributed by atoms with van der Waals surface area (Å²) in [6.45, 7) is 6.14. The summed E-state index contributed by atoms with van der Waals surface area (Å²) >= 11 is 1.57. The molecular formula is C13H20N2O3S. The molecule has 0 radical (unpaired) electrons. The molecule has 0 aromatic carbocycles. The molecule has 1 amide bonds. The average Bonchev–Trinajstić information content (AvgIpc) is 2.87. The van der Waals surface area contributed by atoms with Crippen molar-refractivity contribution >= 4 is 23.2 Å². The highest BCUT2D eigenvalue weighted by molar-refractivity contribution is 7.09. The molecular weight excluding hydrogens is 264 g/mol. The van der Waals surface area contributed by atoms with Gasteiger partial charge in [-0.3, -0.25) is 4.79 Å².